The molecule has 1 N–H and O–H groups in total. The van der Waals surface area contributed by atoms with Crippen LogP contribution in [0.4, 0.5) is 0 Å². The van der Waals surface area contributed by atoms with Gasteiger partial charge in [-0.05, 0) is 32.2 Å². The Balaban J connectivity index is 1.87. The van der Waals surface area contributed by atoms with Gasteiger partial charge in [0, 0.05) is 12.5 Å². The van der Waals surface area contributed by atoms with Crippen molar-refractivity contribution in [1.82, 2.24) is 5.32 Å². The average molecular weight is 211 g/mol. The molecule has 2 unspecified atom stereocenters. The van der Waals surface area contributed by atoms with Crippen LogP contribution in [-0.2, 0) is 9.53 Å². The van der Waals surface area contributed by atoms with Crippen LogP contribution in [0.25, 0.3) is 0 Å². The number of carbonyl (C=O) groups is 1. The predicted octanol–water partition coefficient (Wildman–Crippen LogP) is 1.51. The number of rotatable bonds is 2. The van der Waals surface area contributed by atoms with Crippen LogP contribution in [0.15, 0.2) is 0 Å². The molecular formula is C12H21NO2. The summed E-state index contributed by atoms with van der Waals surface area (Å²) in [7, 11) is 0. The number of carbonyl (C=O) groups excluding carboxylic acids is 1. The van der Waals surface area contributed by atoms with E-state index in [9.17, 15) is 4.79 Å². The Labute approximate surface area is 91.6 Å². The molecule has 0 aromatic carbocycles. The second-order valence-electron chi connectivity index (χ2n) is 4.67. The van der Waals surface area contributed by atoms with Gasteiger partial charge in [0.1, 0.15) is 0 Å². The highest BCUT2D eigenvalue weighted by Crippen LogP contribution is 2.19. The van der Waals surface area contributed by atoms with Gasteiger partial charge in [0.15, 0.2) is 5.78 Å². The summed E-state index contributed by atoms with van der Waals surface area (Å²) in [4.78, 5) is 12.2. The molecule has 0 radical (unpaired) electrons. The number of Topliss-reactive ketones (excluding diaryl/α,β-unsaturated/α-hetero) is 1. The highest BCUT2D eigenvalue weighted by Gasteiger charge is 2.28. The molecule has 2 fully saturated rings. The summed E-state index contributed by atoms with van der Waals surface area (Å²) in [5.41, 5.74) is 0. The van der Waals surface area contributed by atoms with Crippen molar-refractivity contribution in [3.8, 4) is 0 Å². The molecule has 2 atom stereocenters. The van der Waals surface area contributed by atoms with E-state index in [1.807, 2.05) is 0 Å². The quantitative estimate of drug-likeness (QED) is 0.752. The number of hydrogen-bond donors (Lipinski definition) is 1. The van der Waals surface area contributed by atoms with Crippen LogP contribution in [0.5, 0.6) is 0 Å². The van der Waals surface area contributed by atoms with E-state index >= 15 is 0 Å². The molecule has 0 bridgehead atoms. The van der Waals surface area contributed by atoms with Gasteiger partial charge in [-0.2, -0.15) is 0 Å². The molecule has 0 aliphatic carbocycles. The SMILES string of the molecule is O=C(C1CCCOC1)C1CCCCCN1. The lowest BCUT2D eigenvalue weighted by atomic mass is 9.91. The fourth-order valence-corrected chi connectivity index (χ4v) is 2.52. The van der Waals surface area contributed by atoms with Crippen LogP contribution in [0, 0.1) is 5.92 Å². The molecule has 2 saturated heterocycles. The summed E-state index contributed by atoms with van der Waals surface area (Å²) in [6.45, 7) is 2.49. The van der Waals surface area contributed by atoms with Crippen molar-refractivity contribution in [2.24, 2.45) is 5.92 Å². The largest absolute Gasteiger partial charge is 0.381 e. The fraction of sp³-hybridized carbons (Fsp3) is 0.917. The minimum absolute atomic E-state index is 0.110. The van der Waals surface area contributed by atoms with E-state index in [2.05, 4.69) is 5.32 Å². The van der Waals surface area contributed by atoms with Gasteiger partial charge >= 0.3 is 0 Å². The second kappa shape index (κ2) is 5.61. The number of ketones is 1. The lowest BCUT2D eigenvalue weighted by molar-refractivity contribution is -0.129. The smallest absolute Gasteiger partial charge is 0.155 e. The summed E-state index contributed by atoms with van der Waals surface area (Å²) in [5, 5.41) is 3.37. The zero-order valence-electron chi connectivity index (χ0n) is 9.34. The lowest BCUT2D eigenvalue weighted by Crippen LogP contribution is -2.42. The minimum atomic E-state index is 0.110. The molecule has 0 spiro atoms. The summed E-state index contributed by atoms with van der Waals surface area (Å²) in [6, 6.07) is 0.110. The van der Waals surface area contributed by atoms with Crippen molar-refractivity contribution < 1.29 is 9.53 Å². The molecular weight excluding hydrogens is 190 g/mol. The normalized spacial score (nSPS) is 33.3. The summed E-state index contributed by atoms with van der Waals surface area (Å²) in [6.07, 6.45) is 6.76. The Morgan fingerprint density at radius 1 is 1.13 bits per heavy atom. The van der Waals surface area contributed by atoms with Crippen LogP contribution < -0.4 is 5.32 Å². The van der Waals surface area contributed by atoms with Gasteiger partial charge in [0.25, 0.3) is 0 Å². The first-order valence-electron chi connectivity index (χ1n) is 6.23. The molecule has 2 aliphatic heterocycles. The number of nitrogens with one attached hydrogen (secondary N) is 1. The zero-order valence-corrected chi connectivity index (χ0v) is 9.34. The van der Waals surface area contributed by atoms with Gasteiger partial charge < -0.3 is 10.1 Å². The van der Waals surface area contributed by atoms with Gasteiger partial charge in [-0.15, -0.1) is 0 Å². The van der Waals surface area contributed by atoms with Crippen molar-refractivity contribution in [3.63, 3.8) is 0 Å². The molecule has 0 aromatic rings. The van der Waals surface area contributed by atoms with Gasteiger partial charge in [0.2, 0.25) is 0 Å². The fourth-order valence-electron chi connectivity index (χ4n) is 2.52. The summed E-state index contributed by atoms with van der Waals surface area (Å²) >= 11 is 0. The second-order valence-corrected chi connectivity index (χ2v) is 4.67. The van der Waals surface area contributed by atoms with Gasteiger partial charge in [-0.1, -0.05) is 12.8 Å². The van der Waals surface area contributed by atoms with Crippen molar-refractivity contribution >= 4 is 5.78 Å². The van der Waals surface area contributed by atoms with Crippen LogP contribution >= 0.6 is 0 Å². The lowest BCUT2D eigenvalue weighted by Gasteiger charge is -2.25. The monoisotopic (exact) mass is 211 g/mol. The Kier molecular flexibility index (Phi) is 4.15. The van der Waals surface area contributed by atoms with Crippen LogP contribution in [-0.4, -0.2) is 31.6 Å². The van der Waals surface area contributed by atoms with Crippen molar-refractivity contribution in [1.29, 1.82) is 0 Å². The number of hydrogen-bond acceptors (Lipinski definition) is 3. The molecule has 3 heteroatoms. The molecule has 0 saturated carbocycles. The van der Waals surface area contributed by atoms with E-state index in [0.717, 1.165) is 32.4 Å². The third-order valence-corrected chi connectivity index (χ3v) is 3.47. The van der Waals surface area contributed by atoms with E-state index in [-0.39, 0.29) is 12.0 Å². The van der Waals surface area contributed by atoms with Crippen LogP contribution in [0.2, 0.25) is 0 Å². The third-order valence-electron chi connectivity index (χ3n) is 3.47. The minimum Gasteiger partial charge on any atom is -0.381 e. The Morgan fingerprint density at radius 2 is 2.07 bits per heavy atom. The molecule has 2 heterocycles. The highest BCUT2D eigenvalue weighted by molar-refractivity contribution is 5.86. The zero-order chi connectivity index (χ0) is 10.5. The molecule has 0 aromatic heterocycles. The Morgan fingerprint density at radius 3 is 2.87 bits per heavy atom. The van der Waals surface area contributed by atoms with Crippen molar-refractivity contribution in [3.05, 3.63) is 0 Å². The highest BCUT2D eigenvalue weighted by atomic mass is 16.5. The molecule has 2 rings (SSSR count). The summed E-state index contributed by atoms with van der Waals surface area (Å²) in [5.74, 6) is 0.561. The maximum Gasteiger partial charge on any atom is 0.155 e. The van der Waals surface area contributed by atoms with Crippen LogP contribution in [0.1, 0.15) is 38.5 Å². The maximum atomic E-state index is 12.2. The Hall–Kier alpha value is -0.410. The Bertz CT molecular complexity index is 204. The van der Waals surface area contributed by atoms with Gasteiger partial charge in [-0.25, -0.2) is 0 Å². The van der Waals surface area contributed by atoms with E-state index in [1.54, 1.807) is 0 Å². The van der Waals surface area contributed by atoms with Crippen molar-refractivity contribution in [2.45, 2.75) is 44.6 Å². The third kappa shape index (κ3) is 3.02. The molecule has 15 heavy (non-hydrogen) atoms. The van der Waals surface area contributed by atoms with Gasteiger partial charge in [0.05, 0.1) is 12.6 Å². The van der Waals surface area contributed by atoms with Crippen LogP contribution in [0.3, 0.4) is 0 Å². The first kappa shape index (κ1) is 11.1. The van der Waals surface area contributed by atoms with E-state index < -0.39 is 0 Å². The topological polar surface area (TPSA) is 38.3 Å². The maximum absolute atomic E-state index is 12.2. The standard InChI is InChI=1S/C12H21NO2/c14-12(10-5-4-8-15-9-10)11-6-2-1-3-7-13-11/h10-11,13H,1-9H2. The predicted molar refractivity (Wildman–Crippen MR) is 58.8 cm³/mol. The van der Waals surface area contributed by atoms with Gasteiger partial charge in [-0.3, -0.25) is 4.79 Å². The number of ether oxygens (including phenoxy) is 1. The van der Waals surface area contributed by atoms with E-state index in [1.165, 1.54) is 19.3 Å². The first-order valence-corrected chi connectivity index (χ1v) is 6.23. The summed E-state index contributed by atoms with van der Waals surface area (Å²) < 4.78 is 5.38. The first-order chi connectivity index (χ1) is 7.38. The molecule has 86 valence electrons. The van der Waals surface area contributed by atoms with E-state index in [0.29, 0.717) is 12.4 Å². The van der Waals surface area contributed by atoms with Crippen molar-refractivity contribution in [2.75, 3.05) is 19.8 Å². The molecule has 2 aliphatic rings. The average Bonchev–Trinajstić information content (AvgIpc) is 2.58. The van der Waals surface area contributed by atoms with E-state index in [4.69, 9.17) is 4.74 Å². The molecule has 3 nitrogen and oxygen atoms in total. The molecule has 0 amide bonds.